The standard InChI is InChI=1S/C19H21NO2.ClH/c1-11-7-12(2)16(13(3)8-11)9-14-5-4-6-15-17(14)10-20-18(15)19(21)22;/h4-8,18,20H,9-10H2,1-3H3,(H,21,22);1H. The van der Waals surface area contributed by atoms with Gasteiger partial charge in [0.2, 0.25) is 0 Å². The summed E-state index contributed by atoms with van der Waals surface area (Å²) < 4.78 is 0. The van der Waals surface area contributed by atoms with Gasteiger partial charge in [0.15, 0.2) is 0 Å². The van der Waals surface area contributed by atoms with Gasteiger partial charge >= 0.3 is 5.97 Å². The van der Waals surface area contributed by atoms with Crippen molar-refractivity contribution in [3.63, 3.8) is 0 Å². The first-order chi connectivity index (χ1) is 10.5. The summed E-state index contributed by atoms with van der Waals surface area (Å²) in [5.74, 6) is -0.807. The Bertz CT molecular complexity index is 732. The Hall–Kier alpha value is -1.84. The van der Waals surface area contributed by atoms with E-state index in [-0.39, 0.29) is 12.4 Å². The molecular weight excluding hydrogens is 310 g/mol. The lowest BCUT2D eigenvalue weighted by Crippen LogP contribution is -2.21. The van der Waals surface area contributed by atoms with E-state index in [1.807, 2.05) is 12.1 Å². The van der Waals surface area contributed by atoms with Gasteiger partial charge in [-0.1, -0.05) is 35.9 Å². The van der Waals surface area contributed by atoms with Crippen LogP contribution in [-0.4, -0.2) is 11.1 Å². The number of hydrogen-bond acceptors (Lipinski definition) is 2. The molecule has 4 heteroatoms. The lowest BCUT2D eigenvalue weighted by molar-refractivity contribution is -0.139. The quantitative estimate of drug-likeness (QED) is 0.898. The Balaban J connectivity index is 0.00000192. The molecular formula is C19H22ClNO2. The Labute approximate surface area is 143 Å². The number of nitrogens with one attached hydrogen (secondary N) is 1. The molecule has 1 atom stereocenters. The first-order valence-electron chi connectivity index (χ1n) is 7.61. The molecule has 122 valence electrons. The van der Waals surface area contributed by atoms with Crippen LogP contribution in [0.4, 0.5) is 0 Å². The van der Waals surface area contributed by atoms with E-state index in [0.29, 0.717) is 6.54 Å². The van der Waals surface area contributed by atoms with Crippen molar-refractivity contribution in [2.75, 3.05) is 0 Å². The SMILES string of the molecule is Cc1cc(C)c(Cc2cccc3c2CNC3C(=O)O)c(C)c1.Cl. The average Bonchev–Trinajstić information content (AvgIpc) is 2.87. The van der Waals surface area contributed by atoms with Crippen LogP contribution >= 0.6 is 12.4 Å². The second-order valence-electron chi connectivity index (χ2n) is 6.19. The molecule has 2 N–H and O–H groups in total. The van der Waals surface area contributed by atoms with Crippen LogP contribution in [0.15, 0.2) is 30.3 Å². The summed E-state index contributed by atoms with van der Waals surface area (Å²) in [6.45, 7) is 7.05. The van der Waals surface area contributed by atoms with Crippen LogP contribution in [0.3, 0.4) is 0 Å². The van der Waals surface area contributed by atoms with Crippen LogP contribution in [-0.2, 0) is 17.8 Å². The highest BCUT2D eigenvalue weighted by atomic mass is 35.5. The van der Waals surface area contributed by atoms with E-state index < -0.39 is 12.0 Å². The fourth-order valence-electron chi connectivity index (χ4n) is 3.52. The third-order valence-corrected chi connectivity index (χ3v) is 4.56. The maximum atomic E-state index is 11.3. The summed E-state index contributed by atoms with van der Waals surface area (Å²) in [6.07, 6.45) is 0.856. The number of fused-ring (bicyclic) bond motifs is 1. The molecule has 0 aliphatic carbocycles. The van der Waals surface area contributed by atoms with E-state index in [9.17, 15) is 9.90 Å². The van der Waals surface area contributed by atoms with Crippen molar-refractivity contribution in [2.45, 2.75) is 39.8 Å². The highest BCUT2D eigenvalue weighted by Crippen LogP contribution is 2.30. The van der Waals surface area contributed by atoms with Crippen molar-refractivity contribution in [1.29, 1.82) is 0 Å². The normalized spacial score (nSPS) is 15.9. The fraction of sp³-hybridized carbons (Fsp3) is 0.316. The number of benzene rings is 2. The molecule has 3 rings (SSSR count). The second-order valence-corrected chi connectivity index (χ2v) is 6.19. The molecule has 0 saturated carbocycles. The summed E-state index contributed by atoms with van der Waals surface area (Å²) in [5.41, 5.74) is 8.51. The van der Waals surface area contributed by atoms with Crippen molar-refractivity contribution in [3.05, 3.63) is 69.3 Å². The van der Waals surface area contributed by atoms with Gasteiger partial charge in [0.25, 0.3) is 0 Å². The van der Waals surface area contributed by atoms with Crippen LogP contribution in [0, 0.1) is 20.8 Å². The lowest BCUT2D eigenvalue weighted by Gasteiger charge is -2.14. The molecule has 3 nitrogen and oxygen atoms in total. The maximum absolute atomic E-state index is 11.3. The highest BCUT2D eigenvalue weighted by molar-refractivity contribution is 5.85. The van der Waals surface area contributed by atoms with Gasteiger partial charge < -0.3 is 5.11 Å². The molecule has 1 aliphatic rings. The van der Waals surface area contributed by atoms with Crippen molar-refractivity contribution in [3.8, 4) is 0 Å². The Morgan fingerprint density at radius 1 is 1.22 bits per heavy atom. The van der Waals surface area contributed by atoms with E-state index in [1.165, 1.54) is 27.8 Å². The van der Waals surface area contributed by atoms with Crippen LogP contribution in [0.5, 0.6) is 0 Å². The first-order valence-corrected chi connectivity index (χ1v) is 7.61. The van der Waals surface area contributed by atoms with Crippen molar-refractivity contribution in [2.24, 2.45) is 0 Å². The van der Waals surface area contributed by atoms with Gasteiger partial charge in [-0.05, 0) is 60.6 Å². The summed E-state index contributed by atoms with van der Waals surface area (Å²) in [6, 6.07) is 9.86. The average molecular weight is 332 g/mol. The zero-order chi connectivity index (χ0) is 15.9. The van der Waals surface area contributed by atoms with Gasteiger partial charge in [-0.15, -0.1) is 12.4 Å². The maximum Gasteiger partial charge on any atom is 0.325 e. The van der Waals surface area contributed by atoms with Crippen molar-refractivity contribution >= 4 is 18.4 Å². The largest absolute Gasteiger partial charge is 0.480 e. The van der Waals surface area contributed by atoms with Crippen LogP contribution < -0.4 is 5.32 Å². The van der Waals surface area contributed by atoms with Crippen molar-refractivity contribution < 1.29 is 9.90 Å². The van der Waals surface area contributed by atoms with Gasteiger partial charge in [-0.3, -0.25) is 10.1 Å². The molecule has 1 unspecified atom stereocenters. The first kappa shape index (κ1) is 17.5. The zero-order valence-corrected chi connectivity index (χ0v) is 14.5. The molecule has 0 aromatic heterocycles. The minimum atomic E-state index is -0.807. The van der Waals surface area contributed by atoms with Crippen LogP contribution in [0.1, 0.15) is 45.0 Å². The van der Waals surface area contributed by atoms with E-state index >= 15 is 0 Å². The summed E-state index contributed by atoms with van der Waals surface area (Å²) >= 11 is 0. The second kappa shape index (κ2) is 6.73. The molecule has 23 heavy (non-hydrogen) atoms. The molecule has 1 aliphatic heterocycles. The van der Waals surface area contributed by atoms with E-state index in [4.69, 9.17) is 0 Å². The molecule has 0 spiro atoms. The summed E-state index contributed by atoms with van der Waals surface area (Å²) in [7, 11) is 0. The summed E-state index contributed by atoms with van der Waals surface area (Å²) in [4.78, 5) is 11.3. The third kappa shape index (κ3) is 3.26. The Kier molecular flexibility index (Phi) is 5.12. The molecule has 0 saturated heterocycles. The number of carboxylic acids is 1. The predicted octanol–water partition coefficient (Wildman–Crippen LogP) is 3.85. The number of rotatable bonds is 3. The lowest BCUT2D eigenvalue weighted by atomic mass is 9.90. The fourth-order valence-corrected chi connectivity index (χ4v) is 3.52. The molecule has 0 bridgehead atoms. The van der Waals surface area contributed by atoms with Crippen LogP contribution in [0.25, 0.3) is 0 Å². The Morgan fingerprint density at radius 3 is 2.48 bits per heavy atom. The number of carbonyl (C=O) groups is 1. The number of halogens is 1. The van der Waals surface area contributed by atoms with E-state index in [2.05, 4.69) is 44.3 Å². The third-order valence-electron chi connectivity index (χ3n) is 4.56. The van der Waals surface area contributed by atoms with Gasteiger partial charge in [0.1, 0.15) is 6.04 Å². The van der Waals surface area contributed by atoms with Gasteiger partial charge in [0, 0.05) is 6.54 Å². The zero-order valence-electron chi connectivity index (χ0n) is 13.6. The molecule has 0 amide bonds. The highest BCUT2D eigenvalue weighted by Gasteiger charge is 2.29. The Morgan fingerprint density at radius 2 is 1.87 bits per heavy atom. The summed E-state index contributed by atoms with van der Waals surface area (Å²) in [5, 5.41) is 12.4. The number of carboxylic acid groups (broad SMARTS) is 1. The van der Waals surface area contributed by atoms with Crippen molar-refractivity contribution in [1.82, 2.24) is 5.32 Å². The van der Waals surface area contributed by atoms with Crippen LogP contribution in [0.2, 0.25) is 0 Å². The topological polar surface area (TPSA) is 49.3 Å². The van der Waals surface area contributed by atoms with Gasteiger partial charge in [-0.25, -0.2) is 0 Å². The molecule has 1 heterocycles. The van der Waals surface area contributed by atoms with Gasteiger partial charge in [0.05, 0.1) is 0 Å². The van der Waals surface area contributed by atoms with E-state index in [1.54, 1.807) is 0 Å². The molecule has 2 aromatic carbocycles. The number of aryl methyl sites for hydroxylation is 3. The molecule has 0 fully saturated rings. The molecule has 0 radical (unpaired) electrons. The minimum Gasteiger partial charge on any atom is -0.480 e. The smallest absolute Gasteiger partial charge is 0.325 e. The minimum absolute atomic E-state index is 0. The molecule has 2 aromatic rings. The van der Waals surface area contributed by atoms with Gasteiger partial charge in [-0.2, -0.15) is 0 Å². The number of aliphatic carboxylic acids is 1. The monoisotopic (exact) mass is 331 g/mol. The number of hydrogen-bond donors (Lipinski definition) is 2. The predicted molar refractivity (Wildman–Crippen MR) is 94.4 cm³/mol. The van der Waals surface area contributed by atoms with E-state index in [0.717, 1.165) is 17.5 Å².